The second-order valence-corrected chi connectivity index (χ2v) is 7.12. The van der Waals surface area contributed by atoms with E-state index in [9.17, 15) is 4.79 Å². The summed E-state index contributed by atoms with van der Waals surface area (Å²) in [6, 6.07) is 16.4. The molecule has 0 radical (unpaired) electrons. The predicted octanol–water partition coefficient (Wildman–Crippen LogP) is 4.10. The highest BCUT2D eigenvalue weighted by molar-refractivity contribution is 6.31. The quantitative estimate of drug-likeness (QED) is 0.823. The fraction of sp³-hybridized carbons (Fsp3) is 0.381. The van der Waals surface area contributed by atoms with Crippen LogP contribution >= 0.6 is 11.6 Å². The molecule has 1 atom stereocenters. The molecule has 1 aliphatic heterocycles. The molecule has 1 saturated heterocycles. The van der Waals surface area contributed by atoms with Crippen LogP contribution in [-0.4, -0.2) is 41.9 Å². The van der Waals surface area contributed by atoms with Crippen molar-refractivity contribution in [3.05, 3.63) is 70.2 Å². The minimum Gasteiger partial charge on any atom is -0.340 e. The molecule has 0 saturated carbocycles. The van der Waals surface area contributed by atoms with Gasteiger partial charge in [-0.1, -0.05) is 54.1 Å². The van der Waals surface area contributed by atoms with Gasteiger partial charge in [0.1, 0.15) is 0 Å². The zero-order valence-corrected chi connectivity index (χ0v) is 15.7. The molecule has 2 aromatic carbocycles. The summed E-state index contributed by atoms with van der Waals surface area (Å²) in [6.07, 6.45) is 0.493. The number of halogens is 1. The van der Waals surface area contributed by atoms with Gasteiger partial charge in [-0.25, -0.2) is 0 Å². The monoisotopic (exact) mass is 356 g/mol. The first kappa shape index (κ1) is 18.0. The number of aryl methyl sites for hydroxylation is 1. The lowest BCUT2D eigenvalue weighted by molar-refractivity contribution is -0.132. The highest BCUT2D eigenvalue weighted by Gasteiger charge is 2.25. The molecule has 1 unspecified atom stereocenters. The number of benzene rings is 2. The fourth-order valence-corrected chi connectivity index (χ4v) is 3.75. The average Bonchev–Trinajstić information content (AvgIpc) is 2.63. The van der Waals surface area contributed by atoms with E-state index in [-0.39, 0.29) is 11.9 Å². The summed E-state index contributed by atoms with van der Waals surface area (Å²) in [5, 5.41) is 0.813. The highest BCUT2D eigenvalue weighted by atomic mass is 35.5. The molecule has 25 heavy (non-hydrogen) atoms. The number of carbonyl (C=O) groups excluding carboxylic acids is 1. The molecule has 0 aromatic heterocycles. The molecule has 0 N–H and O–H groups in total. The second kappa shape index (κ2) is 8.03. The number of nitrogens with zero attached hydrogens (tertiary/aromatic N) is 2. The van der Waals surface area contributed by atoms with E-state index in [1.54, 1.807) is 0 Å². The first-order valence-corrected chi connectivity index (χ1v) is 9.25. The van der Waals surface area contributed by atoms with Crippen molar-refractivity contribution in [2.75, 3.05) is 26.2 Å². The van der Waals surface area contributed by atoms with E-state index in [0.717, 1.165) is 42.3 Å². The van der Waals surface area contributed by atoms with Gasteiger partial charge in [0.15, 0.2) is 0 Å². The molecule has 1 fully saturated rings. The van der Waals surface area contributed by atoms with Gasteiger partial charge in [0.25, 0.3) is 0 Å². The molecule has 1 heterocycles. The standard InChI is InChI=1S/C21H25ClN2O/c1-16-7-3-4-8-18(16)15-21(25)24-13-11-23(12-14-24)17(2)19-9-5-6-10-20(19)22/h3-10,17H,11-15H2,1-2H3. The number of amides is 1. The normalized spacial score (nSPS) is 16.7. The summed E-state index contributed by atoms with van der Waals surface area (Å²) < 4.78 is 0. The Morgan fingerprint density at radius 3 is 2.36 bits per heavy atom. The van der Waals surface area contributed by atoms with Crippen LogP contribution in [-0.2, 0) is 11.2 Å². The second-order valence-electron chi connectivity index (χ2n) is 6.72. The summed E-state index contributed by atoms with van der Waals surface area (Å²) in [7, 11) is 0. The zero-order valence-electron chi connectivity index (χ0n) is 14.9. The lowest BCUT2D eigenvalue weighted by atomic mass is 10.0. The number of carbonyl (C=O) groups is 1. The maximum atomic E-state index is 12.6. The van der Waals surface area contributed by atoms with Crippen LogP contribution in [0.4, 0.5) is 0 Å². The van der Waals surface area contributed by atoms with Gasteiger partial charge in [-0.3, -0.25) is 9.69 Å². The Morgan fingerprint density at radius 1 is 1.04 bits per heavy atom. The minimum atomic E-state index is 0.222. The average molecular weight is 357 g/mol. The van der Waals surface area contributed by atoms with Crippen molar-refractivity contribution in [2.45, 2.75) is 26.3 Å². The summed E-state index contributed by atoms with van der Waals surface area (Å²) in [6.45, 7) is 7.56. The van der Waals surface area contributed by atoms with Gasteiger partial charge < -0.3 is 4.90 Å². The minimum absolute atomic E-state index is 0.222. The third kappa shape index (κ3) is 4.23. The van der Waals surface area contributed by atoms with E-state index in [1.165, 1.54) is 5.56 Å². The van der Waals surface area contributed by atoms with Gasteiger partial charge in [-0.05, 0) is 36.6 Å². The Kier molecular flexibility index (Phi) is 5.77. The fourth-order valence-electron chi connectivity index (χ4n) is 3.45. The summed E-state index contributed by atoms with van der Waals surface area (Å²) >= 11 is 6.33. The first-order valence-electron chi connectivity index (χ1n) is 8.87. The smallest absolute Gasteiger partial charge is 0.227 e. The van der Waals surface area contributed by atoms with Crippen LogP contribution in [0.15, 0.2) is 48.5 Å². The highest BCUT2D eigenvalue weighted by Crippen LogP contribution is 2.27. The van der Waals surface area contributed by atoms with E-state index in [2.05, 4.69) is 30.9 Å². The van der Waals surface area contributed by atoms with Crippen LogP contribution in [0.3, 0.4) is 0 Å². The molecule has 2 aromatic rings. The SMILES string of the molecule is Cc1ccccc1CC(=O)N1CCN(C(C)c2ccccc2Cl)CC1. The molecule has 3 nitrogen and oxygen atoms in total. The Hall–Kier alpha value is -1.84. The summed E-state index contributed by atoms with van der Waals surface area (Å²) in [5.41, 5.74) is 3.46. The van der Waals surface area contributed by atoms with Gasteiger partial charge in [-0.15, -0.1) is 0 Å². The van der Waals surface area contributed by atoms with E-state index in [4.69, 9.17) is 11.6 Å². The lowest BCUT2D eigenvalue weighted by Crippen LogP contribution is -2.49. The van der Waals surface area contributed by atoms with Gasteiger partial charge in [-0.2, -0.15) is 0 Å². The van der Waals surface area contributed by atoms with E-state index in [0.29, 0.717) is 6.42 Å². The molecular weight excluding hydrogens is 332 g/mol. The van der Waals surface area contributed by atoms with Crippen molar-refractivity contribution in [1.82, 2.24) is 9.80 Å². The molecule has 0 spiro atoms. The third-order valence-electron chi connectivity index (χ3n) is 5.17. The predicted molar refractivity (Wildman–Crippen MR) is 103 cm³/mol. The molecule has 132 valence electrons. The van der Waals surface area contributed by atoms with E-state index >= 15 is 0 Å². The van der Waals surface area contributed by atoms with Crippen LogP contribution in [0.1, 0.15) is 29.7 Å². The molecular formula is C21H25ClN2O. The summed E-state index contributed by atoms with van der Waals surface area (Å²) in [4.78, 5) is 17.0. The van der Waals surface area contributed by atoms with Crippen LogP contribution < -0.4 is 0 Å². The molecule has 4 heteroatoms. The van der Waals surface area contributed by atoms with Crippen molar-refractivity contribution in [2.24, 2.45) is 0 Å². The van der Waals surface area contributed by atoms with Crippen molar-refractivity contribution in [3.63, 3.8) is 0 Å². The van der Waals surface area contributed by atoms with Gasteiger partial charge >= 0.3 is 0 Å². The summed E-state index contributed by atoms with van der Waals surface area (Å²) in [5.74, 6) is 0.222. The maximum Gasteiger partial charge on any atom is 0.227 e. The van der Waals surface area contributed by atoms with Gasteiger partial charge in [0.05, 0.1) is 6.42 Å². The maximum absolute atomic E-state index is 12.6. The number of hydrogen-bond acceptors (Lipinski definition) is 2. The van der Waals surface area contributed by atoms with Crippen LogP contribution in [0.2, 0.25) is 5.02 Å². The molecule has 0 aliphatic carbocycles. The zero-order chi connectivity index (χ0) is 17.8. The number of piperazine rings is 1. The van der Waals surface area contributed by atoms with Crippen LogP contribution in [0.25, 0.3) is 0 Å². The Balaban J connectivity index is 1.57. The number of rotatable bonds is 4. The molecule has 1 aliphatic rings. The van der Waals surface area contributed by atoms with Crippen LogP contribution in [0.5, 0.6) is 0 Å². The molecule has 1 amide bonds. The number of hydrogen-bond donors (Lipinski definition) is 0. The Morgan fingerprint density at radius 2 is 1.68 bits per heavy atom. The molecule has 0 bridgehead atoms. The van der Waals surface area contributed by atoms with Crippen molar-refractivity contribution in [3.8, 4) is 0 Å². The van der Waals surface area contributed by atoms with Gasteiger partial charge in [0.2, 0.25) is 5.91 Å². The van der Waals surface area contributed by atoms with E-state index in [1.807, 2.05) is 41.3 Å². The van der Waals surface area contributed by atoms with Crippen molar-refractivity contribution < 1.29 is 4.79 Å². The third-order valence-corrected chi connectivity index (χ3v) is 5.52. The first-order chi connectivity index (χ1) is 12.1. The van der Waals surface area contributed by atoms with Crippen molar-refractivity contribution >= 4 is 17.5 Å². The Labute approximate surface area is 155 Å². The van der Waals surface area contributed by atoms with Crippen LogP contribution in [0, 0.1) is 6.92 Å². The largest absolute Gasteiger partial charge is 0.340 e. The van der Waals surface area contributed by atoms with Gasteiger partial charge in [0, 0.05) is 37.2 Å². The van der Waals surface area contributed by atoms with E-state index < -0.39 is 0 Å². The topological polar surface area (TPSA) is 23.6 Å². The lowest BCUT2D eigenvalue weighted by Gasteiger charge is -2.38. The molecule has 3 rings (SSSR count). The van der Waals surface area contributed by atoms with Crippen molar-refractivity contribution in [1.29, 1.82) is 0 Å². The Bertz CT molecular complexity index is 738.